The minimum Gasteiger partial charge on any atom is -0.320 e. The lowest BCUT2D eigenvalue weighted by Gasteiger charge is -2.46. The van der Waals surface area contributed by atoms with Gasteiger partial charge in [0.2, 0.25) is 10.0 Å². The van der Waals surface area contributed by atoms with Crippen LogP contribution in [0, 0.1) is 0 Å². The Labute approximate surface area is 129 Å². The predicted molar refractivity (Wildman–Crippen MR) is 79.5 cm³/mol. The number of hydrogen-bond acceptors (Lipinski definition) is 4. The van der Waals surface area contributed by atoms with Crippen molar-refractivity contribution in [1.29, 1.82) is 0 Å². The number of benzene rings is 1. The van der Waals surface area contributed by atoms with Crippen LogP contribution in [0.5, 0.6) is 0 Å². The molecule has 1 aromatic rings. The quantitative estimate of drug-likeness (QED) is 0.893. The minimum absolute atomic E-state index is 0.0349. The van der Waals surface area contributed by atoms with Crippen LogP contribution in [0.2, 0.25) is 5.02 Å². The van der Waals surface area contributed by atoms with Gasteiger partial charge in [-0.15, -0.1) is 0 Å². The van der Waals surface area contributed by atoms with Crippen molar-refractivity contribution < 1.29 is 13.2 Å². The molecule has 2 fully saturated rings. The Morgan fingerprint density at radius 3 is 2.52 bits per heavy atom. The van der Waals surface area contributed by atoms with Gasteiger partial charge in [-0.25, -0.2) is 8.42 Å². The summed E-state index contributed by atoms with van der Waals surface area (Å²) in [6.07, 6.45) is 2.46. The SMILES string of the molecule is N[C@H]1C(=O)C[C@H]2CCC[C@H]1N2S(=O)(=O)c1ccc(Cl)cc1. The second kappa shape index (κ2) is 5.35. The number of nitrogens with zero attached hydrogens (tertiary/aromatic N) is 1. The molecule has 114 valence electrons. The Kier molecular flexibility index (Phi) is 3.81. The molecule has 0 aromatic heterocycles. The molecule has 0 unspecified atom stereocenters. The van der Waals surface area contributed by atoms with Gasteiger partial charge in [0.05, 0.1) is 10.9 Å². The average molecular weight is 329 g/mol. The smallest absolute Gasteiger partial charge is 0.243 e. The van der Waals surface area contributed by atoms with Gasteiger partial charge >= 0.3 is 0 Å². The van der Waals surface area contributed by atoms with Crippen LogP contribution >= 0.6 is 11.6 Å². The summed E-state index contributed by atoms with van der Waals surface area (Å²) in [6.45, 7) is 0. The monoisotopic (exact) mass is 328 g/mol. The minimum atomic E-state index is -3.65. The van der Waals surface area contributed by atoms with Gasteiger partial charge < -0.3 is 5.73 Å². The van der Waals surface area contributed by atoms with Crippen molar-refractivity contribution >= 4 is 27.4 Å². The van der Waals surface area contributed by atoms with Gasteiger partial charge in [0.1, 0.15) is 0 Å². The molecule has 2 bridgehead atoms. The van der Waals surface area contributed by atoms with Gasteiger partial charge in [-0.3, -0.25) is 4.79 Å². The molecule has 3 atom stereocenters. The third-order valence-electron chi connectivity index (χ3n) is 4.34. The molecule has 1 aromatic carbocycles. The Hall–Kier alpha value is -0.950. The van der Waals surface area contributed by atoms with E-state index in [0.29, 0.717) is 17.9 Å². The second-order valence-electron chi connectivity index (χ2n) is 5.64. The lowest BCUT2D eigenvalue weighted by molar-refractivity contribution is -0.126. The number of carbonyl (C=O) groups is 1. The summed E-state index contributed by atoms with van der Waals surface area (Å²) in [4.78, 5) is 12.1. The van der Waals surface area contributed by atoms with Crippen LogP contribution in [0.15, 0.2) is 29.2 Å². The standard InChI is InChI=1S/C14H17ClN2O3S/c15-9-4-6-11(7-5-9)21(19,20)17-10-2-1-3-12(17)14(16)13(18)8-10/h4-7,10,12,14H,1-3,8,16H2/t10-,12-,14-/m1/s1. The summed E-state index contributed by atoms with van der Waals surface area (Å²) < 4.78 is 27.2. The van der Waals surface area contributed by atoms with E-state index in [-0.39, 0.29) is 23.1 Å². The summed E-state index contributed by atoms with van der Waals surface area (Å²) >= 11 is 5.81. The highest BCUT2D eigenvalue weighted by Crippen LogP contribution is 2.36. The summed E-state index contributed by atoms with van der Waals surface area (Å²) in [7, 11) is -3.65. The predicted octanol–water partition coefficient (Wildman–Crippen LogP) is 1.55. The number of halogens is 1. The van der Waals surface area contributed by atoms with E-state index in [0.717, 1.165) is 6.42 Å². The molecule has 7 heteroatoms. The molecular weight excluding hydrogens is 312 g/mol. The van der Waals surface area contributed by atoms with Crippen LogP contribution in [-0.2, 0) is 14.8 Å². The van der Waals surface area contributed by atoms with Crippen LogP contribution in [0.1, 0.15) is 25.7 Å². The largest absolute Gasteiger partial charge is 0.320 e. The molecule has 0 saturated carbocycles. The van der Waals surface area contributed by atoms with Crippen molar-refractivity contribution in [3.05, 3.63) is 29.3 Å². The molecule has 3 rings (SSSR count). The van der Waals surface area contributed by atoms with E-state index in [2.05, 4.69) is 0 Å². The van der Waals surface area contributed by atoms with Gasteiger partial charge in [-0.2, -0.15) is 4.31 Å². The first kappa shape index (κ1) is 15.0. The molecule has 5 nitrogen and oxygen atoms in total. The van der Waals surface area contributed by atoms with E-state index in [4.69, 9.17) is 17.3 Å². The molecule has 0 aliphatic carbocycles. The number of piperidine rings is 2. The van der Waals surface area contributed by atoms with Gasteiger partial charge in [-0.1, -0.05) is 18.0 Å². The lowest BCUT2D eigenvalue weighted by atomic mass is 9.83. The van der Waals surface area contributed by atoms with Gasteiger partial charge in [-0.05, 0) is 37.1 Å². The van der Waals surface area contributed by atoms with Crippen molar-refractivity contribution in [2.24, 2.45) is 5.73 Å². The number of carbonyl (C=O) groups excluding carboxylic acids is 1. The number of rotatable bonds is 2. The van der Waals surface area contributed by atoms with Gasteiger partial charge in [0.25, 0.3) is 0 Å². The fourth-order valence-electron chi connectivity index (χ4n) is 3.30. The molecule has 2 heterocycles. The lowest BCUT2D eigenvalue weighted by Crippen LogP contribution is -2.64. The fourth-order valence-corrected chi connectivity index (χ4v) is 5.32. The molecule has 2 aliphatic heterocycles. The highest BCUT2D eigenvalue weighted by Gasteiger charge is 2.48. The fraction of sp³-hybridized carbons (Fsp3) is 0.500. The molecule has 21 heavy (non-hydrogen) atoms. The molecule has 0 spiro atoms. The highest BCUT2D eigenvalue weighted by molar-refractivity contribution is 7.89. The second-order valence-corrected chi connectivity index (χ2v) is 7.92. The number of ketones is 1. The zero-order valence-corrected chi connectivity index (χ0v) is 13.0. The van der Waals surface area contributed by atoms with Crippen LogP contribution < -0.4 is 5.73 Å². The Morgan fingerprint density at radius 2 is 1.86 bits per heavy atom. The van der Waals surface area contributed by atoms with Crippen LogP contribution in [-0.4, -0.2) is 36.6 Å². The number of fused-ring (bicyclic) bond motifs is 2. The maximum Gasteiger partial charge on any atom is 0.243 e. The van der Waals surface area contributed by atoms with Crippen LogP contribution in [0.3, 0.4) is 0 Å². The first-order chi connectivity index (χ1) is 9.91. The van der Waals surface area contributed by atoms with Crippen molar-refractivity contribution in [3.63, 3.8) is 0 Å². The average Bonchev–Trinajstić information content (AvgIpc) is 2.45. The van der Waals surface area contributed by atoms with Gasteiger partial charge in [0, 0.05) is 23.5 Å². The van der Waals surface area contributed by atoms with Crippen molar-refractivity contribution in [2.75, 3.05) is 0 Å². The van der Waals surface area contributed by atoms with Crippen molar-refractivity contribution in [2.45, 2.75) is 48.7 Å². The van der Waals surface area contributed by atoms with E-state index in [9.17, 15) is 13.2 Å². The number of Topliss-reactive ketones (excluding diaryl/α,β-unsaturated/α-hetero) is 1. The van der Waals surface area contributed by atoms with Crippen molar-refractivity contribution in [3.8, 4) is 0 Å². The van der Waals surface area contributed by atoms with E-state index in [1.165, 1.54) is 16.4 Å². The molecule has 2 saturated heterocycles. The molecule has 2 aliphatic rings. The van der Waals surface area contributed by atoms with Crippen molar-refractivity contribution in [1.82, 2.24) is 4.31 Å². The first-order valence-corrected chi connectivity index (χ1v) is 8.80. The summed E-state index contributed by atoms with van der Waals surface area (Å²) in [5, 5.41) is 0.486. The topological polar surface area (TPSA) is 80.5 Å². The third-order valence-corrected chi connectivity index (χ3v) is 6.58. The van der Waals surface area contributed by atoms with E-state index in [1.807, 2.05) is 0 Å². The Morgan fingerprint density at radius 1 is 1.19 bits per heavy atom. The normalized spacial score (nSPS) is 30.4. The molecular formula is C14H17ClN2O3S. The molecule has 0 radical (unpaired) electrons. The number of nitrogens with two attached hydrogens (primary N) is 1. The van der Waals surface area contributed by atoms with E-state index in [1.54, 1.807) is 12.1 Å². The Balaban J connectivity index is 2.01. The Bertz CT molecular complexity index is 659. The molecule has 0 amide bonds. The number of hydrogen-bond donors (Lipinski definition) is 1. The van der Waals surface area contributed by atoms with E-state index >= 15 is 0 Å². The third kappa shape index (κ3) is 2.50. The summed E-state index contributed by atoms with van der Waals surface area (Å²) in [5.74, 6) is -0.0349. The zero-order valence-electron chi connectivity index (χ0n) is 11.4. The summed E-state index contributed by atoms with van der Waals surface area (Å²) in [6, 6.07) is 4.69. The van der Waals surface area contributed by atoms with Crippen LogP contribution in [0.4, 0.5) is 0 Å². The summed E-state index contributed by atoms with van der Waals surface area (Å²) in [5.41, 5.74) is 5.94. The van der Waals surface area contributed by atoms with Crippen LogP contribution in [0.25, 0.3) is 0 Å². The van der Waals surface area contributed by atoms with Gasteiger partial charge in [0.15, 0.2) is 5.78 Å². The molecule has 2 N–H and O–H groups in total. The first-order valence-electron chi connectivity index (χ1n) is 6.98. The zero-order chi connectivity index (χ0) is 15.2. The number of sulfonamides is 1. The highest BCUT2D eigenvalue weighted by atomic mass is 35.5. The maximum atomic E-state index is 12.9. The maximum absolute atomic E-state index is 12.9. The van der Waals surface area contributed by atoms with E-state index < -0.39 is 22.1 Å².